The second kappa shape index (κ2) is 13.1. The van der Waals surface area contributed by atoms with Crippen LogP contribution < -0.4 is 15.4 Å². The lowest BCUT2D eigenvalue weighted by molar-refractivity contribution is 0.204. The second-order valence-electron chi connectivity index (χ2n) is 7.48. The minimum Gasteiger partial charge on any atom is -0.493 e. The van der Waals surface area contributed by atoms with Crippen LogP contribution in [0, 0.1) is 0 Å². The van der Waals surface area contributed by atoms with Gasteiger partial charge in [-0.15, -0.1) is 12.4 Å². The van der Waals surface area contributed by atoms with Crippen molar-refractivity contribution in [2.75, 3.05) is 38.1 Å². The van der Waals surface area contributed by atoms with Gasteiger partial charge in [-0.2, -0.15) is 0 Å². The fourth-order valence-electron chi connectivity index (χ4n) is 3.55. The monoisotopic (exact) mass is 431 g/mol. The molecule has 5 nitrogen and oxygen atoms in total. The largest absolute Gasteiger partial charge is 0.493 e. The third-order valence-electron chi connectivity index (χ3n) is 5.33. The van der Waals surface area contributed by atoms with Crippen LogP contribution in [-0.2, 0) is 12.8 Å². The van der Waals surface area contributed by atoms with Crippen LogP contribution in [0.25, 0.3) is 0 Å². The van der Waals surface area contributed by atoms with Crippen LogP contribution in [-0.4, -0.2) is 43.7 Å². The summed E-state index contributed by atoms with van der Waals surface area (Å²) in [4.78, 5) is 14.1. The molecule has 2 N–H and O–H groups in total. The third kappa shape index (κ3) is 7.54. The first-order valence-corrected chi connectivity index (χ1v) is 10.8. The van der Waals surface area contributed by atoms with Gasteiger partial charge in [-0.25, -0.2) is 4.79 Å². The van der Waals surface area contributed by atoms with Crippen molar-refractivity contribution in [3.05, 3.63) is 59.7 Å². The third-order valence-corrected chi connectivity index (χ3v) is 5.33. The number of hydrogen-bond donors (Lipinski definition) is 2. The number of halogens is 1. The molecule has 0 aliphatic carbocycles. The number of nitrogens with one attached hydrogen (secondary N) is 2. The molecule has 2 amide bonds. The summed E-state index contributed by atoms with van der Waals surface area (Å²) in [6, 6.07) is 16.5. The molecule has 0 bridgehead atoms. The minimum absolute atomic E-state index is 0. The van der Waals surface area contributed by atoms with Crippen molar-refractivity contribution in [2.45, 2.75) is 39.0 Å². The number of hydrogen-bond acceptors (Lipinski definition) is 3. The Bertz CT molecular complexity index is 761. The van der Waals surface area contributed by atoms with Crippen LogP contribution in [0.1, 0.15) is 37.3 Å². The first-order chi connectivity index (χ1) is 14.3. The van der Waals surface area contributed by atoms with Gasteiger partial charge in [0.15, 0.2) is 0 Å². The Morgan fingerprint density at radius 3 is 2.50 bits per heavy atom. The van der Waals surface area contributed by atoms with E-state index in [2.05, 4.69) is 47.9 Å². The van der Waals surface area contributed by atoms with Gasteiger partial charge in [-0.1, -0.05) is 37.3 Å². The molecule has 0 spiro atoms. The highest BCUT2D eigenvalue weighted by atomic mass is 35.5. The van der Waals surface area contributed by atoms with E-state index in [4.69, 9.17) is 4.74 Å². The van der Waals surface area contributed by atoms with Crippen molar-refractivity contribution in [2.24, 2.45) is 0 Å². The number of urea groups is 1. The highest BCUT2D eigenvalue weighted by Gasteiger charge is 2.15. The van der Waals surface area contributed by atoms with Crippen molar-refractivity contribution in [3.63, 3.8) is 0 Å². The normalized spacial score (nSPS) is 13.4. The number of piperazine rings is 1. The molecule has 0 aromatic heterocycles. The summed E-state index contributed by atoms with van der Waals surface area (Å²) in [5, 5.41) is 6.25. The maximum atomic E-state index is 12.2. The first kappa shape index (κ1) is 24.0. The Labute approximate surface area is 186 Å². The number of anilines is 1. The van der Waals surface area contributed by atoms with Gasteiger partial charge in [-0.3, -0.25) is 0 Å². The fraction of sp³-hybridized carbons (Fsp3) is 0.458. The van der Waals surface area contributed by atoms with Gasteiger partial charge in [0.05, 0.1) is 6.61 Å². The molecule has 0 radical (unpaired) electrons. The SMILES string of the molecule is CCc1ccccc1OCCCCCc1ccc(NC(=O)N2CCNCC2)cc1.Cl. The smallest absolute Gasteiger partial charge is 0.321 e. The number of carbonyl (C=O) groups is 1. The number of unbranched alkanes of at least 4 members (excludes halogenated alkanes) is 2. The molecule has 1 heterocycles. The van der Waals surface area contributed by atoms with E-state index in [1.54, 1.807) is 0 Å². The molecular weight excluding hydrogens is 398 g/mol. The molecule has 164 valence electrons. The summed E-state index contributed by atoms with van der Waals surface area (Å²) in [5.41, 5.74) is 3.44. The molecule has 0 atom stereocenters. The Morgan fingerprint density at radius 1 is 1.03 bits per heavy atom. The minimum atomic E-state index is -0.0103. The number of aryl methyl sites for hydroxylation is 2. The predicted molar refractivity (Wildman–Crippen MR) is 126 cm³/mol. The Kier molecular flexibility index (Phi) is 10.5. The van der Waals surface area contributed by atoms with Gasteiger partial charge in [0.2, 0.25) is 0 Å². The average molecular weight is 432 g/mol. The average Bonchev–Trinajstić information content (AvgIpc) is 2.78. The van der Waals surface area contributed by atoms with Gasteiger partial charge in [0.25, 0.3) is 0 Å². The van der Waals surface area contributed by atoms with Crippen LogP contribution in [0.4, 0.5) is 10.5 Å². The number of para-hydroxylation sites is 1. The van der Waals surface area contributed by atoms with Crippen LogP contribution in [0.3, 0.4) is 0 Å². The predicted octanol–water partition coefficient (Wildman–Crippen LogP) is 4.90. The summed E-state index contributed by atoms with van der Waals surface area (Å²) >= 11 is 0. The van der Waals surface area contributed by atoms with E-state index < -0.39 is 0 Å². The van der Waals surface area contributed by atoms with Crippen LogP contribution >= 0.6 is 12.4 Å². The van der Waals surface area contributed by atoms with Gasteiger partial charge in [0, 0.05) is 31.9 Å². The van der Waals surface area contributed by atoms with Gasteiger partial charge in [0.1, 0.15) is 5.75 Å². The number of rotatable bonds is 9. The van der Waals surface area contributed by atoms with Crippen molar-refractivity contribution in [1.29, 1.82) is 0 Å². The van der Waals surface area contributed by atoms with E-state index in [-0.39, 0.29) is 18.4 Å². The van der Waals surface area contributed by atoms with Crippen LogP contribution in [0.15, 0.2) is 48.5 Å². The van der Waals surface area contributed by atoms with Crippen molar-refractivity contribution in [3.8, 4) is 5.75 Å². The van der Waals surface area contributed by atoms with E-state index in [9.17, 15) is 4.79 Å². The number of carbonyl (C=O) groups excluding carboxylic acids is 1. The molecule has 2 aromatic carbocycles. The lowest BCUT2D eigenvalue weighted by Crippen LogP contribution is -2.48. The molecule has 1 aliphatic heterocycles. The summed E-state index contributed by atoms with van der Waals surface area (Å²) in [6.07, 6.45) is 5.41. The zero-order valence-corrected chi connectivity index (χ0v) is 18.7. The maximum absolute atomic E-state index is 12.2. The molecule has 1 fully saturated rings. The lowest BCUT2D eigenvalue weighted by Gasteiger charge is -2.27. The quantitative estimate of drug-likeness (QED) is 0.555. The van der Waals surface area contributed by atoms with Crippen molar-refractivity contribution in [1.82, 2.24) is 10.2 Å². The van der Waals surface area contributed by atoms with E-state index in [1.165, 1.54) is 11.1 Å². The maximum Gasteiger partial charge on any atom is 0.321 e. The highest BCUT2D eigenvalue weighted by Crippen LogP contribution is 2.19. The van der Waals surface area contributed by atoms with Gasteiger partial charge >= 0.3 is 6.03 Å². The molecule has 30 heavy (non-hydrogen) atoms. The van der Waals surface area contributed by atoms with E-state index in [1.807, 2.05) is 23.1 Å². The fourth-order valence-corrected chi connectivity index (χ4v) is 3.55. The molecule has 1 aliphatic rings. The molecular formula is C24H34ClN3O2. The lowest BCUT2D eigenvalue weighted by atomic mass is 10.1. The summed E-state index contributed by atoms with van der Waals surface area (Å²) in [6.45, 7) is 6.18. The van der Waals surface area contributed by atoms with E-state index in [0.717, 1.165) is 76.3 Å². The summed E-state index contributed by atoms with van der Waals surface area (Å²) in [5.74, 6) is 1.02. The van der Waals surface area contributed by atoms with Crippen molar-refractivity contribution >= 4 is 24.1 Å². The molecule has 1 saturated heterocycles. The zero-order valence-electron chi connectivity index (χ0n) is 17.9. The summed E-state index contributed by atoms with van der Waals surface area (Å²) < 4.78 is 5.93. The summed E-state index contributed by atoms with van der Waals surface area (Å²) in [7, 11) is 0. The Hall–Kier alpha value is -2.24. The van der Waals surface area contributed by atoms with E-state index >= 15 is 0 Å². The molecule has 6 heteroatoms. The van der Waals surface area contributed by atoms with Gasteiger partial charge < -0.3 is 20.3 Å². The van der Waals surface area contributed by atoms with Crippen molar-refractivity contribution < 1.29 is 9.53 Å². The Morgan fingerprint density at radius 2 is 1.77 bits per heavy atom. The second-order valence-corrected chi connectivity index (χ2v) is 7.48. The zero-order chi connectivity index (χ0) is 20.3. The standard InChI is InChI=1S/C24H33N3O2.ClH/c1-2-21-9-5-6-10-23(21)29-19-7-3-4-8-20-11-13-22(14-12-20)26-24(28)27-17-15-25-16-18-27;/h5-6,9-14,25H,2-4,7-8,15-19H2,1H3,(H,26,28);1H. The topological polar surface area (TPSA) is 53.6 Å². The first-order valence-electron chi connectivity index (χ1n) is 10.8. The van der Waals surface area contributed by atoms with Crippen LogP contribution in [0.2, 0.25) is 0 Å². The van der Waals surface area contributed by atoms with Crippen LogP contribution in [0.5, 0.6) is 5.75 Å². The molecule has 0 unspecified atom stereocenters. The number of nitrogens with zero attached hydrogens (tertiary/aromatic N) is 1. The highest BCUT2D eigenvalue weighted by molar-refractivity contribution is 5.89. The number of ether oxygens (including phenoxy) is 1. The molecule has 0 saturated carbocycles. The van der Waals surface area contributed by atoms with Gasteiger partial charge in [-0.05, 0) is 61.4 Å². The number of amides is 2. The molecule has 3 rings (SSSR count). The Balaban J connectivity index is 0.00000320. The molecule has 2 aromatic rings. The number of benzene rings is 2. The van der Waals surface area contributed by atoms with E-state index in [0.29, 0.717) is 0 Å².